The highest BCUT2D eigenvalue weighted by atomic mass is 16.5. The summed E-state index contributed by atoms with van der Waals surface area (Å²) in [6, 6.07) is 7.84. The number of aromatic nitrogens is 1. The number of H-pyrrole nitrogens is 1. The number of nitrogens with one attached hydrogen (secondary N) is 1. The Labute approximate surface area is 125 Å². The molecule has 1 aliphatic rings. The number of carbonyl (C=O) groups is 1. The first kappa shape index (κ1) is 14.1. The van der Waals surface area contributed by atoms with Crippen molar-refractivity contribution in [3.63, 3.8) is 0 Å². The fourth-order valence-corrected chi connectivity index (χ4v) is 2.83. The van der Waals surface area contributed by atoms with Gasteiger partial charge in [0.2, 0.25) is 0 Å². The third-order valence-electron chi connectivity index (χ3n) is 4.30. The molecule has 0 spiro atoms. The predicted molar refractivity (Wildman–Crippen MR) is 84.0 cm³/mol. The van der Waals surface area contributed by atoms with E-state index in [2.05, 4.69) is 16.9 Å². The number of fused-ring (bicyclic) bond motifs is 1. The van der Waals surface area contributed by atoms with Crippen LogP contribution in [0.5, 0.6) is 5.75 Å². The lowest BCUT2D eigenvalue weighted by Crippen LogP contribution is -2.32. The van der Waals surface area contributed by atoms with Gasteiger partial charge in [0.25, 0.3) is 0 Å². The number of Topliss-reactive ketones (excluding diaryl/α,β-unsaturated/α-hetero) is 1. The standard InChI is InChI=1S/C17H22N2O2/c1-12(20)17-10-14-9-15(3-4-16(14)18-17)21-11-13-5-7-19(2)8-6-13/h3-4,9-10,13,18H,5-8,11H2,1-2H3. The van der Waals surface area contributed by atoms with Crippen LogP contribution in [0.2, 0.25) is 0 Å². The van der Waals surface area contributed by atoms with Gasteiger partial charge in [0.15, 0.2) is 5.78 Å². The molecule has 1 aromatic carbocycles. The maximum absolute atomic E-state index is 11.4. The summed E-state index contributed by atoms with van der Waals surface area (Å²) < 4.78 is 5.94. The number of hydrogen-bond donors (Lipinski definition) is 1. The summed E-state index contributed by atoms with van der Waals surface area (Å²) in [7, 11) is 2.17. The van der Waals surface area contributed by atoms with Gasteiger partial charge in [0.1, 0.15) is 5.75 Å². The quantitative estimate of drug-likeness (QED) is 0.878. The van der Waals surface area contributed by atoms with Crippen molar-refractivity contribution in [3.8, 4) is 5.75 Å². The van der Waals surface area contributed by atoms with E-state index in [1.165, 1.54) is 12.8 Å². The molecule has 2 heterocycles. The summed E-state index contributed by atoms with van der Waals surface area (Å²) in [5, 5.41) is 1.03. The van der Waals surface area contributed by atoms with E-state index in [1.54, 1.807) is 6.92 Å². The molecular weight excluding hydrogens is 264 g/mol. The highest BCUT2D eigenvalue weighted by Crippen LogP contribution is 2.23. The average Bonchev–Trinajstić information content (AvgIpc) is 2.90. The molecule has 0 unspecified atom stereocenters. The first-order chi connectivity index (χ1) is 10.1. The summed E-state index contributed by atoms with van der Waals surface area (Å²) in [5.74, 6) is 1.59. The number of ketones is 1. The Morgan fingerprint density at radius 2 is 2.10 bits per heavy atom. The lowest BCUT2D eigenvalue weighted by molar-refractivity contribution is 0.101. The Balaban J connectivity index is 1.65. The van der Waals surface area contributed by atoms with Crippen LogP contribution in [0.15, 0.2) is 24.3 Å². The van der Waals surface area contributed by atoms with Crippen LogP contribution >= 0.6 is 0 Å². The summed E-state index contributed by atoms with van der Waals surface area (Å²) in [5.41, 5.74) is 1.63. The van der Waals surface area contributed by atoms with Gasteiger partial charge in [-0.1, -0.05) is 0 Å². The molecule has 1 fully saturated rings. The second-order valence-corrected chi connectivity index (χ2v) is 6.05. The van der Waals surface area contributed by atoms with Gasteiger partial charge in [-0.2, -0.15) is 0 Å². The number of ether oxygens (including phenoxy) is 1. The molecule has 0 atom stereocenters. The lowest BCUT2D eigenvalue weighted by atomic mass is 9.98. The fourth-order valence-electron chi connectivity index (χ4n) is 2.83. The van der Waals surface area contributed by atoms with E-state index in [4.69, 9.17) is 4.74 Å². The van der Waals surface area contributed by atoms with Crippen LogP contribution < -0.4 is 4.74 Å². The molecule has 21 heavy (non-hydrogen) atoms. The van der Waals surface area contributed by atoms with Gasteiger partial charge in [-0.05, 0) is 63.2 Å². The molecule has 2 aromatic rings. The van der Waals surface area contributed by atoms with E-state index in [1.807, 2.05) is 24.3 Å². The predicted octanol–water partition coefficient (Wildman–Crippen LogP) is 3.09. The second-order valence-electron chi connectivity index (χ2n) is 6.05. The normalized spacial score (nSPS) is 17.2. The SMILES string of the molecule is CC(=O)c1cc2cc(OCC3CCN(C)CC3)ccc2[nH]1. The van der Waals surface area contributed by atoms with E-state index in [9.17, 15) is 4.79 Å². The summed E-state index contributed by atoms with van der Waals surface area (Å²) in [6.07, 6.45) is 2.41. The van der Waals surface area contributed by atoms with Crippen molar-refractivity contribution in [3.05, 3.63) is 30.0 Å². The van der Waals surface area contributed by atoms with Crippen LogP contribution in [-0.2, 0) is 0 Å². The average molecular weight is 286 g/mol. The van der Waals surface area contributed by atoms with Gasteiger partial charge in [0, 0.05) is 17.8 Å². The minimum atomic E-state index is 0.0555. The molecule has 1 saturated heterocycles. The van der Waals surface area contributed by atoms with Gasteiger partial charge in [-0.25, -0.2) is 0 Å². The monoisotopic (exact) mass is 286 g/mol. The number of likely N-dealkylation sites (tertiary alicyclic amines) is 1. The molecule has 0 amide bonds. The van der Waals surface area contributed by atoms with Crippen molar-refractivity contribution in [1.29, 1.82) is 0 Å². The van der Waals surface area contributed by atoms with Gasteiger partial charge < -0.3 is 14.6 Å². The topological polar surface area (TPSA) is 45.3 Å². The molecule has 4 nitrogen and oxygen atoms in total. The zero-order chi connectivity index (χ0) is 14.8. The van der Waals surface area contributed by atoms with E-state index < -0.39 is 0 Å². The fraction of sp³-hybridized carbons (Fsp3) is 0.471. The molecule has 4 heteroatoms. The third kappa shape index (κ3) is 3.27. The number of nitrogens with zero attached hydrogens (tertiary/aromatic N) is 1. The number of carbonyl (C=O) groups excluding carboxylic acids is 1. The smallest absolute Gasteiger partial charge is 0.175 e. The Morgan fingerprint density at radius 3 is 2.81 bits per heavy atom. The molecule has 0 bridgehead atoms. The number of piperidine rings is 1. The minimum Gasteiger partial charge on any atom is -0.493 e. The maximum atomic E-state index is 11.4. The van der Waals surface area contributed by atoms with Crippen LogP contribution in [0.25, 0.3) is 10.9 Å². The highest BCUT2D eigenvalue weighted by Gasteiger charge is 2.17. The van der Waals surface area contributed by atoms with Crippen molar-refractivity contribution in [1.82, 2.24) is 9.88 Å². The largest absolute Gasteiger partial charge is 0.493 e. The van der Waals surface area contributed by atoms with E-state index >= 15 is 0 Å². The highest BCUT2D eigenvalue weighted by molar-refractivity contribution is 5.98. The van der Waals surface area contributed by atoms with Crippen molar-refractivity contribution < 1.29 is 9.53 Å². The van der Waals surface area contributed by atoms with Crippen LogP contribution in [0, 0.1) is 5.92 Å². The Hall–Kier alpha value is -1.81. The van der Waals surface area contributed by atoms with Gasteiger partial charge in [-0.3, -0.25) is 4.79 Å². The van der Waals surface area contributed by atoms with Crippen molar-refractivity contribution >= 4 is 16.7 Å². The maximum Gasteiger partial charge on any atom is 0.175 e. The molecule has 1 aromatic heterocycles. The summed E-state index contributed by atoms with van der Waals surface area (Å²) in [6.45, 7) is 4.67. The second kappa shape index (κ2) is 5.90. The summed E-state index contributed by atoms with van der Waals surface area (Å²) in [4.78, 5) is 16.9. The van der Waals surface area contributed by atoms with Crippen LogP contribution in [0.3, 0.4) is 0 Å². The number of rotatable bonds is 4. The van der Waals surface area contributed by atoms with Crippen molar-refractivity contribution in [2.24, 2.45) is 5.92 Å². The van der Waals surface area contributed by atoms with Gasteiger partial charge in [0.05, 0.1) is 12.3 Å². The lowest BCUT2D eigenvalue weighted by Gasteiger charge is -2.28. The first-order valence-electron chi connectivity index (χ1n) is 7.57. The third-order valence-corrected chi connectivity index (χ3v) is 4.30. The van der Waals surface area contributed by atoms with Crippen LogP contribution in [-0.4, -0.2) is 42.4 Å². The van der Waals surface area contributed by atoms with Crippen LogP contribution in [0.4, 0.5) is 0 Å². The van der Waals surface area contributed by atoms with Gasteiger partial charge >= 0.3 is 0 Å². The molecular formula is C17H22N2O2. The minimum absolute atomic E-state index is 0.0555. The van der Waals surface area contributed by atoms with Crippen molar-refractivity contribution in [2.45, 2.75) is 19.8 Å². The Kier molecular flexibility index (Phi) is 3.97. The molecule has 0 saturated carbocycles. The zero-order valence-electron chi connectivity index (χ0n) is 12.7. The van der Waals surface area contributed by atoms with Gasteiger partial charge in [-0.15, -0.1) is 0 Å². The van der Waals surface area contributed by atoms with E-state index in [-0.39, 0.29) is 5.78 Å². The molecule has 1 aliphatic heterocycles. The van der Waals surface area contributed by atoms with Crippen molar-refractivity contribution in [2.75, 3.05) is 26.7 Å². The number of hydrogen-bond acceptors (Lipinski definition) is 3. The van der Waals surface area contributed by atoms with E-state index in [0.29, 0.717) is 11.6 Å². The number of aromatic amines is 1. The zero-order valence-corrected chi connectivity index (χ0v) is 12.7. The molecule has 112 valence electrons. The Bertz CT molecular complexity index is 639. The molecule has 0 radical (unpaired) electrons. The summed E-state index contributed by atoms with van der Waals surface area (Å²) >= 11 is 0. The molecule has 0 aliphatic carbocycles. The molecule has 3 rings (SSSR count). The van der Waals surface area contributed by atoms with E-state index in [0.717, 1.165) is 36.3 Å². The Morgan fingerprint density at radius 1 is 1.33 bits per heavy atom. The molecule has 1 N–H and O–H groups in total. The number of benzene rings is 1. The first-order valence-corrected chi connectivity index (χ1v) is 7.57. The van der Waals surface area contributed by atoms with Crippen LogP contribution in [0.1, 0.15) is 30.3 Å².